The van der Waals surface area contributed by atoms with Crippen LogP contribution in [0.25, 0.3) is 0 Å². The molecule has 1 aromatic heterocycles. The molecule has 3 aliphatic heterocycles. The minimum absolute atomic E-state index is 0.00213. The first-order chi connectivity index (χ1) is 16.9. The number of hydrogen-bond acceptors (Lipinski definition) is 5. The predicted molar refractivity (Wildman–Crippen MR) is 137 cm³/mol. The molecule has 1 atom stereocenters. The van der Waals surface area contributed by atoms with Crippen molar-refractivity contribution >= 4 is 46.3 Å². The minimum Gasteiger partial charge on any atom is -0.343 e. The number of nitrogens with zero attached hydrogens (tertiary/aromatic N) is 4. The molecule has 0 radical (unpaired) electrons. The molecule has 0 N–H and O–H groups in total. The smallest absolute Gasteiger partial charge is 0.233 e. The van der Waals surface area contributed by atoms with Crippen LogP contribution in [0.15, 0.2) is 24.4 Å². The Morgan fingerprint density at radius 3 is 2.60 bits per heavy atom. The molecular weight excluding hydrogens is 484 g/mol. The lowest BCUT2D eigenvalue weighted by Gasteiger charge is -2.30. The van der Waals surface area contributed by atoms with Crippen molar-refractivity contribution in [3.8, 4) is 0 Å². The molecule has 0 aliphatic carbocycles. The van der Waals surface area contributed by atoms with Gasteiger partial charge >= 0.3 is 0 Å². The third-order valence-electron chi connectivity index (χ3n) is 7.59. The Morgan fingerprint density at radius 2 is 1.91 bits per heavy atom. The minimum atomic E-state index is -0.250. The molecule has 1 aromatic carbocycles. The second-order valence-corrected chi connectivity index (χ2v) is 11.6. The van der Waals surface area contributed by atoms with Gasteiger partial charge < -0.3 is 14.7 Å². The van der Waals surface area contributed by atoms with Gasteiger partial charge in [-0.15, -0.1) is 11.3 Å². The zero-order chi connectivity index (χ0) is 24.6. The van der Waals surface area contributed by atoms with E-state index in [0.29, 0.717) is 41.8 Å². The Morgan fingerprint density at radius 1 is 1.09 bits per heavy atom. The fourth-order valence-corrected chi connectivity index (χ4v) is 6.46. The molecular formula is C26H31ClN4O3S. The van der Waals surface area contributed by atoms with Crippen molar-refractivity contribution in [1.29, 1.82) is 0 Å². The molecule has 35 heavy (non-hydrogen) atoms. The van der Waals surface area contributed by atoms with Crippen LogP contribution in [0.5, 0.6) is 0 Å². The highest BCUT2D eigenvalue weighted by molar-refractivity contribution is 7.15. The first kappa shape index (κ1) is 24.3. The summed E-state index contributed by atoms with van der Waals surface area (Å²) in [6, 6.07) is 6.35. The van der Waals surface area contributed by atoms with Crippen molar-refractivity contribution in [3.63, 3.8) is 0 Å². The van der Waals surface area contributed by atoms with E-state index in [9.17, 15) is 14.4 Å². The van der Waals surface area contributed by atoms with Gasteiger partial charge in [-0.3, -0.25) is 14.4 Å². The van der Waals surface area contributed by atoms with Crippen molar-refractivity contribution in [2.24, 2.45) is 0 Å². The number of fused-ring (bicyclic) bond motifs is 2. The van der Waals surface area contributed by atoms with Crippen molar-refractivity contribution in [2.75, 3.05) is 37.6 Å². The zero-order valence-corrected chi connectivity index (χ0v) is 21.7. The van der Waals surface area contributed by atoms with Crippen molar-refractivity contribution in [3.05, 3.63) is 44.9 Å². The van der Waals surface area contributed by atoms with E-state index in [1.807, 2.05) is 27.7 Å². The number of rotatable bonds is 7. The number of benzene rings is 1. The molecule has 186 valence electrons. The highest BCUT2D eigenvalue weighted by Crippen LogP contribution is 2.47. The Kier molecular flexibility index (Phi) is 6.86. The van der Waals surface area contributed by atoms with E-state index in [1.54, 1.807) is 6.20 Å². The van der Waals surface area contributed by atoms with E-state index in [4.69, 9.17) is 11.6 Å². The summed E-state index contributed by atoms with van der Waals surface area (Å²) in [5, 5.41) is 0.709. The van der Waals surface area contributed by atoms with Gasteiger partial charge in [0, 0.05) is 56.7 Å². The Bertz CT molecular complexity index is 1150. The normalized spacial score (nSPS) is 20.9. The van der Waals surface area contributed by atoms with Crippen LogP contribution >= 0.6 is 22.9 Å². The van der Waals surface area contributed by atoms with Gasteiger partial charge in [0.25, 0.3) is 0 Å². The summed E-state index contributed by atoms with van der Waals surface area (Å²) in [5.41, 5.74) is 3.02. The van der Waals surface area contributed by atoms with Crippen LogP contribution in [0, 0.1) is 0 Å². The van der Waals surface area contributed by atoms with Gasteiger partial charge in [-0.2, -0.15) is 0 Å². The summed E-state index contributed by atoms with van der Waals surface area (Å²) in [4.78, 5) is 48.1. The lowest BCUT2D eigenvalue weighted by molar-refractivity contribution is -0.134. The number of aromatic nitrogens is 1. The molecule has 3 amide bonds. The fraction of sp³-hybridized carbons (Fsp3) is 0.538. The maximum absolute atomic E-state index is 13.4. The van der Waals surface area contributed by atoms with Crippen LogP contribution in [0.4, 0.5) is 5.69 Å². The van der Waals surface area contributed by atoms with E-state index >= 15 is 0 Å². The maximum Gasteiger partial charge on any atom is 0.233 e. The summed E-state index contributed by atoms with van der Waals surface area (Å²) in [6.07, 6.45) is 6.45. The van der Waals surface area contributed by atoms with Gasteiger partial charge in [0.2, 0.25) is 17.7 Å². The Labute approximate surface area is 215 Å². The number of carbonyl (C=O) groups excluding carboxylic acids is 3. The third-order valence-corrected chi connectivity index (χ3v) is 8.70. The molecule has 1 unspecified atom stereocenters. The number of likely N-dealkylation sites (tertiary alicyclic amines) is 2. The predicted octanol–water partition coefficient (Wildman–Crippen LogP) is 3.82. The second kappa shape index (κ2) is 9.90. The SMILES string of the molecule is CCC(=O)N1CCC2(C1)CN(C(=O)Cc1ncc(Cl)s1)c1ccc(CCCC(=O)N3CCC3)cc12. The average molecular weight is 515 g/mol. The Balaban J connectivity index is 1.36. The fourth-order valence-electron chi connectivity index (χ4n) is 5.51. The second-order valence-electron chi connectivity index (χ2n) is 9.85. The highest BCUT2D eigenvalue weighted by Gasteiger charge is 2.49. The number of aryl methyl sites for hydroxylation is 1. The average Bonchev–Trinajstić information content (AvgIpc) is 3.50. The van der Waals surface area contributed by atoms with Gasteiger partial charge in [0.05, 0.1) is 12.6 Å². The number of thiazole rings is 1. The molecule has 1 spiro atoms. The molecule has 2 aromatic rings. The van der Waals surface area contributed by atoms with Gasteiger partial charge in [-0.25, -0.2) is 4.98 Å². The molecule has 2 fully saturated rings. The van der Waals surface area contributed by atoms with Gasteiger partial charge in [-0.1, -0.05) is 30.7 Å². The van der Waals surface area contributed by atoms with Crippen molar-refractivity contribution in [2.45, 2.75) is 57.3 Å². The van der Waals surface area contributed by atoms with Crippen LogP contribution in [-0.2, 0) is 32.6 Å². The lowest BCUT2D eigenvalue weighted by atomic mass is 9.80. The highest BCUT2D eigenvalue weighted by atomic mass is 35.5. The molecule has 7 nitrogen and oxygen atoms in total. The van der Waals surface area contributed by atoms with Crippen molar-refractivity contribution in [1.82, 2.24) is 14.8 Å². The van der Waals surface area contributed by atoms with Crippen LogP contribution in [-0.4, -0.2) is 65.2 Å². The lowest BCUT2D eigenvalue weighted by Crippen LogP contribution is -2.41. The number of anilines is 1. The first-order valence-electron chi connectivity index (χ1n) is 12.5. The van der Waals surface area contributed by atoms with E-state index in [0.717, 1.165) is 50.0 Å². The molecule has 5 rings (SSSR count). The van der Waals surface area contributed by atoms with E-state index < -0.39 is 0 Å². The van der Waals surface area contributed by atoms with E-state index in [-0.39, 0.29) is 29.6 Å². The van der Waals surface area contributed by atoms with Crippen LogP contribution in [0.2, 0.25) is 4.34 Å². The zero-order valence-electron chi connectivity index (χ0n) is 20.1. The monoisotopic (exact) mass is 514 g/mol. The molecule has 0 saturated carbocycles. The molecule has 9 heteroatoms. The quantitative estimate of drug-likeness (QED) is 0.563. The number of amides is 3. The third kappa shape index (κ3) is 4.83. The van der Waals surface area contributed by atoms with Crippen molar-refractivity contribution < 1.29 is 14.4 Å². The topological polar surface area (TPSA) is 73.8 Å². The number of halogens is 1. The first-order valence-corrected chi connectivity index (χ1v) is 13.7. The molecule has 4 heterocycles. The summed E-state index contributed by atoms with van der Waals surface area (Å²) in [5.74, 6) is 0.408. The van der Waals surface area contributed by atoms with E-state index in [2.05, 4.69) is 17.1 Å². The Hall–Kier alpha value is -2.45. The summed E-state index contributed by atoms with van der Waals surface area (Å²) >= 11 is 7.35. The number of hydrogen-bond donors (Lipinski definition) is 0. The van der Waals surface area contributed by atoms with E-state index in [1.165, 1.54) is 16.9 Å². The van der Waals surface area contributed by atoms with Crippen LogP contribution < -0.4 is 4.90 Å². The number of carbonyl (C=O) groups is 3. The van der Waals surface area contributed by atoms with Gasteiger partial charge in [-0.05, 0) is 42.9 Å². The van der Waals surface area contributed by atoms with Gasteiger partial charge in [0.15, 0.2) is 0 Å². The summed E-state index contributed by atoms with van der Waals surface area (Å²) < 4.78 is 0.577. The van der Waals surface area contributed by atoms with Crippen LogP contribution in [0.3, 0.4) is 0 Å². The molecule has 0 bridgehead atoms. The standard InChI is InChI=1S/C26H31ClN4O3S/c1-2-23(32)30-12-9-26(16-30)17-31(25(34)14-22-28-15-21(27)35-22)20-8-7-18(13-19(20)26)5-3-6-24(33)29-10-4-11-29/h7-8,13,15H,2-6,9-12,14,16-17H2,1H3. The summed E-state index contributed by atoms with van der Waals surface area (Å²) in [6.45, 7) is 5.60. The maximum atomic E-state index is 13.4. The van der Waals surface area contributed by atoms with Gasteiger partial charge in [0.1, 0.15) is 9.34 Å². The molecule has 3 aliphatic rings. The largest absolute Gasteiger partial charge is 0.343 e. The molecule has 2 saturated heterocycles. The summed E-state index contributed by atoms with van der Waals surface area (Å²) in [7, 11) is 0. The van der Waals surface area contributed by atoms with Crippen LogP contribution in [0.1, 0.15) is 55.2 Å².